The van der Waals surface area contributed by atoms with Crippen molar-refractivity contribution in [3.05, 3.63) is 49.5 Å². The molecule has 0 aliphatic rings. The minimum absolute atomic E-state index is 0.267. The summed E-state index contributed by atoms with van der Waals surface area (Å²) < 4.78 is 2.28. The van der Waals surface area contributed by atoms with E-state index in [0.29, 0.717) is 0 Å². The monoisotopic (exact) mass is 420 g/mol. The summed E-state index contributed by atoms with van der Waals surface area (Å²) in [5.74, 6) is 6.59. The third kappa shape index (κ3) is 4.88. The molecule has 6 heteroatoms. The number of thiophene rings is 1. The molecule has 2 rings (SSSR count). The lowest BCUT2D eigenvalue weighted by Crippen LogP contribution is -2.38. The summed E-state index contributed by atoms with van der Waals surface area (Å²) in [5.41, 5.74) is 2.90. The maximum atomic E-state index is 5.65. The van der Waals surface area contributed by atoms with E-state index >= 15 is 0 Å². The molecule has 0 amide bonds. The lowest BCUT2D eigenvalue weighted by Gasteiger charge is -2.15. The SMILES string of the molecule is NNC(CSc1ccc(Br)cc1)Cc1sccc1Br. The molecule has 3 N–H and O–H groups in total. The topological polar surface area (TPSA) is 38.0 Å². The fourth-order valence-electron chi connectivity index (χ4n) is 1.59. The number of nitrogens with one attached hydrogen (secondary N) is 1. The second-order valence-corrected chi connectivity index (χ2v) is 7.89. The van der Waals surface area contributed by atoms with Crippen LogP contribution in [0.5, 0.6) is 0 Å². The summed E-state index contributed by atoms with van der Waals surface area (Å²) in [6.45, 7) is 0. The highest BCUT2D eigenvalue weighted by molar-refractivity contribution is 9.10. The van der Waals surface area contributed by atoms with E-state index in [9.17, 15) is 0 Å². The third-order valence-electron chi connectivity index (χ3n) is 2.62. The maximum absolute atomic E-state index is 5.65. The average Bonchev–Trinajstić information content (AvgIpc) is 2.82. The Balaban J connectivity index is 1.89. The van der Waals surface area contributed by atoms with Gasteiger partial charge in [-0.2, -0.15) is 0 Å². The van der Waals surface area contributed by atoms with Crippen molar-refractivity contribution in [2.45, 2.75) is 17.4 Å². The Hall–Kier alpha value is 0.150. The largest absolute Gasteiger partial charge is 0.271 e. The average molecular weight is 422 g/mol. The molecule has 0 spiro atoms. The van der Waals surface area contributed by atoms with Crippen molar-refractivity contribution in [2.75, 3.05) is 5.75 Å². The quantitative estimate of drug-likeness (QED) is 0.411. The summed E-state index contributed by atoms with van der Waals surface area (Å²) >= 11 is 10.6. The molecule has 0 aliphatic carbocycles. The minimum atomic E-state index is 0.267. The van der Waals surface area contributed by atoms with Gasteiger partial charge in [-0.15, -0.1) is 23.1 Å². The molecule has 0 fully saturated rings. The number of hydrogen-bond acceptors (Lipinski definition) is 4. The predicted octanol–water partition coefficient (Wildman–Crippen LogP) is 4.44. The summed E-state index contributed by atoms with van der Waals surface area (Å²) in [4.78, 5) is 2.59. The Kier molecular flexibility index (Phi) is 6.38. The van der Waals surface area contributed by atoms with Crippen molar-refractivity contribution >= 4 is 55.0 Å². The van der Waals surface area contributed by atoms with Gasteiger partial charge in [0.25, 0.3) is 0 Å². The molecule has 0 radical (unpaired) electrons. The first kappa shape index (κ1) is 15.5. The molecule has 1 heterocycles. The van der Waals surface area contributed by atoms with Gasteiger partial charge in [0.1, 0.15) is 0 Å². The molecular formula is C13H14Br2N2S2. The molecule has 2 aromatic rings. The molecule has 0 aliphatic heterocycles. The lowest BCUT2D eigenvalue weighted by molar-refractivity contribution is 0.578. The number of rotatable bonds is 6. The van der Waals surface area contributed by atoms with Crippen LogP contribution in [0, 0.1) is 0 Å². The van der Waals surface area contributed by atoms with Gasteiger partial charge < -0.3 is 0 Å². The Morgan fingerprint density at radius 1 is 1.21 bits per heavy atom. The van der Waals surface area contributed by atoms with Gasteiger partial charge in [-0.05, 0) is 51.6 Å². The number of halogens is 2. The van der Waals surface area contributed by atoms with Crippen molar-refractivity contribution in [1.29, 1.82) is 0 Å². The van der Waals surface area contributed by atoms with E-state index in [0.717, 1.165) is 16.6 Å². The van der Waals surface area contributed by atoms with Crippen molar-refractivity contribution in [3.8, 4) is 0 Å². The summed E-state index contributed by atoms with van der Waals surface area (Å²) in [5, 5.41) is 2.09. The number of hydrogen-bond donors (Lipinski definition) is 2. The smallest absolute Gasteiger partial charge is 0.0353 e. The molecule has 0 saturated carbocycles. The Morgan fingerprint density at radius 2 is 1.95 bits per heavy atom. The summed E-state index contributed by atoms with van der Waals surface area (Å²) in [6.07, 6.45) is 0.943. The predicted molar refractivity (Wildman–Crippen MR) is 91.7 cm³/mol. The van der Waals surface area contributed by atoms with Gasteiger partial charge in [0.15, 0.2) is 0 Å². The van der Waals surface area contributed by atoms with E-state index < -0.39 is 0 Å². The number of nitrogens with two attached hydrogens (primary N) is 1. The van der Waals surface area contributed by atoms with Crippen molar-refractivity contribution in [3.63, 3.8) is 0 Å². The minimum Gasteiger partial charge on any atom is -0.271 e. The molecule has 0 saturated heterocycles. The second kappa shape index (κ2) is 7.81. The molecular weight excluding hydrogens is 408 g/mol. The van der Waals surface area contributed by atoms with E-state index in [4.69, 9.17) is 5.84 Å². The van der Waals surface area contributed by atoms with Crippen LogP contribution < -0.4 is 11.3 Å². The fourth-order valence-corrected chi connectivity index (χ4v) is 4.38. The molecule has 1 aromatic carbocycles. The van der Waals surface area contributed by atoms with Crippen LogP contribution in [0.25, 0.3) is 0 Å². The van der Waals surface area contributed by atoms with Crippen molar-refractivity contribution in [1.82, 2.24) is 5.43 Å². The lowest BCUT2D eigenvalue weighted by atomic mass is 10.2. The summed E-state index contributed by atoms with van der Waals surface area (Å²) in [7, 11) is 0. The van der Waals surface area contributed by atoms with Gasteiger partial charge in [0.2, 0.25) is 0 Å². The van der Waals surface area contributed by atoms with Gasteiger partial charge in [-0.3, -0.25) is 11.3 Å². The summed E-state index contributed by atoms with van der Waals surface area (Å²) in [6, 6.07) is 10.7. The third-order valence-corrected chi connectivity index (χ3v) is 6.28. The van der Waals surface area contributed by atoms with Crippen LogP contribution in [0.4, 0.5) is 0 Å². The van der Waals surface area contributed by atoms with Gasteiger partial charge in [0, 0.05) is 36.9 Å². The van der Waals surface area contributed by atoms with E-state index in [1.54, 1.807) is 11.3 Å². The van der Waals surface area contributed by atoms with Crippen LogP contribution in [-0.2, 0) is 6.42 Å². The Labute approximate surface area is 138 Å². The standard InChI is InChI=1S/C13H14Br2N2S2/c14-9-1-3-11(4-2-9)19-8-10(17-16)7-13-12(15)5-6-18-13/h1-6,10,17H,7-8,16H2. The van der Waals surface area contributed by atoms with E-state index in [-0.39, 0.29) is 6.04 Å². The van der Waals surface area contributed by atoms with E-state index in [1.807, 2.05) is 11.8 Å². The first-order valence-corrected chi connectivity index (χ1v) is 9.20. The molecule has 1 unspecified atom stereocenters. The molecule has 0 bridgehead atoms. The number of thioether (sulfide) groups is 1. The maximum Gasteiger partial charge on any atom is 0.0353 e. The van der Waals surface area contributed by atoms with Gasteiger partial charge in [-0.1, -0.05) is 15.9 Å². The first-order valence-electron chi connectivity index (χ1n) is 5.75. The Bertz CT molecular complexity index is 514. The molecule has 19 heavy (non-hydrogen) atoms. The zero-order chi connectivity index (χ0) is 13.7. The van der Waals surface area contributed by atoms with Crippen molar-refractivity contribution in [2.24, 2.45) is 5.84 Å². The highest BCUT2D eigenvalue weighted by Crippen LogP contribution is 2.26. The van der Waals surface area contributed by atoms with Crippen LogP contribution in [-0.4, -0.2) is 11.8 Å². The highest BCUT2D eigenvalue weighted by Gasteiger charge is 2.11. The van der Waals surface area contributed by atoms with E-state index in [1.165, 1.54) is 14.2 Å². The zero-order valence-electron chi connectivity index (χ0n) is 10.1. The van der Waals surface area contributed by atoms with Gasteiger partial charge >= 0.3 is 0 Å². The number of benzene rings is 1. The van der Waals surface area contributed by atoms with Crippen LogP contribution in [0.2, 0.25) is 0 Å². The molecule has 102 valence electrons. The van der Waals surface area contributed by atoms with Gasteiger partial charge in [0.05, 0.1) is 0 Å². The van der Waals surface area contributed by atoms with Gasteiger partial charge in [-0.25, -0.2) is 0 Å². The number of hydrazine groups is 1. The van der Waals surface area contributed by atoms with Crippen LogP contribution in [0.1, 0.15) is 4.88 Å². The zero-order valence-corrected chi connectivity index (χ0v) is 14.9. The molecule has 2 nitrogen and oxygen atoms in total. The Morgan fingerprint density at radius 3 is 2.53 bits per heavy atom. The van der Waals surface area contributed by atoms with Crippen LogP contribution in [0.3, 0.4) is 0 Å². The van der Waals surface area contributed by atoms with Crippen LogP contribution >= 0.6 is 55.0 Å². The van der Waals surface area contributed by atoms with E-state index in [2.05, 4.69) is 73.0 Å². The first-order chi connectivity index (χ1) is 9.19. The van der Waals surface area contributed by atoms with Crippen molar-refractivity contribution < 1.29 is 0 Å². The highest BCUT2D eigenvalue weighted by atomic mass is 79.9. The van der Waals surface area contributed by atoms with Crippen LogP contribution in [0.15, 0.2) is 49.6 Å². The normalized spacial score (nSPS) is 12.6. The fraction of sp³-hybridized carbons (Fsp3) is 0.231. The molecule has 1 aromatic heterocycles. The molecule has 1 atom stereocenters. The second-order valence-electron chi connectivity index (χ2n) is 4.02.